The number of hydrogen-bond acceptors (Lipinski definition) is 6. The second-order valence-corrected chi connectivity index (χ2v) is 8.65. The standard InChI is InChI=1S/C23H31N5O4/c29-21(8-4-7-19-5-2-1-3-6-19)26-11-9-23(31,10-12-26)18-28-17-20(24-25-28)22(30)27-13-15-32-16-14-27/h1-3,5-6,17,31H,4,7-16,18H2. The number of carbonyl (C=O) groups is 2. The summed E-state index contributed by atoms with van der Waals surface area (Å²) in [5.74, 6) is -0.0235. The highest BCUT2D eigenvalue weighted by molar-refractivity contribution is 5.92. The summed E-state index contributed by atoms with van der Waals surface area (Å²) in [6.07, 6.45) is 4.78. The van der Waals surface area contributed by atoms with Gasteiger partial charge in [0, 0.05) is 32.6 Å². The van der Waals surface area contributed by atoms with E-state index in [2.05, 4.69) is 22.4 Å². The van der Waals surface area contributed by atoms with Gasteiger partial charge in [-0.15, -0.1) is 5.10 Å². The van der Waals surface area contributed by atoms with Crippen LogP contribution in [0.1, 0.15) is 41.7 Å². The molecule has 2 amide bonds. The minimum absolute atomic E-state index is 0.141. The van der Waals surface area contributed by atoms with Gasteiger partial charge in [-0.2, -0.15) is 0 Å². The molecule has 0 bridgehead atoms. The lowest BCUT2D eigenvalue weighted by Gasteiger charge is -2.38. The van der Waals surface area contributed by atoms with Crippen LogP contribution < -0.4 is 0 Å². The Morgan fingerprint density at radius 2 is 1.75 bits per heavy atom. The zero-order valence-electron chi connectivity index (χ0n) is 18.4. The van der Waals surface area contributed by atoms with E-state index in [9.17, 15) is 14.7 Å². The Morgan fingerprint density at radius 1 is 1.03 bits per heavy atom. The molecule has 1 N–H and O–H groups in total. The van der Waals surface area contributed by atoms with Crippen molar-refractivity contribution in [2.75, 3.05) is 39.4 Å². The summed E-state index contributed by atoms with van der Waals surface area (Å²) < 4.78 is 6.81. The van der Waals surface area contributed by atoms with Crippen LogP contribution in [0, 0.1) is 0 Å². The van der Waals surface area contributed by atoms with Crippen LogP contribution in [0.25, 0.3) is 0 Å². The Hall–Kier alpha value is -2.78. The van der Waals surface area contributed by atoms with Crippen LogP contribution in [0.2, 0.25) is 0 Å². The van der Waals surface area contributed by atoms with Crippen molar-refractivity contribution < 1.29 is 19.4 Å². The van der Waals surface area contributed by atoms with Crippen molar-refractivity contribution in [3.8, 4) is 0 Å². The number of nitrogens with zero attached hydrogens (tertiary/aromatic N) is 5. The average molecular weight is 442 g/mol. The second kappa shape index (κ2) is 10.2. The van der Waals surface area contributed by atoms with Crippen molar-refractivity contribution in [1.82, 2.24) is 24.8 Å². The fraction of sp³-hybridized carbons (Fsp3) is 0.565. The molecule has 2 aromatic rings. The molecular weight excluding hydrogens is 410 g/mol. The number of benzene rings is 1. The first-order valence-corrected chi connectivity index (χ1v) is 11.3. The maximum absolute atomic E-state index is 12.6. The highest BCUT2D eigenvalue weighted by Gasteiger charge is 2.35. The van der Waals surface area contributed by atoms with E-state index in [1.54, 1.807) is 11.1 Å². The maximum Gasteiger partial charge on any atom is 0.276 e. The monoisotopic (exact) mass is 441 g/mol. The number of piperidine rings is 1. The van der Waals surface area contributed by atoms with Gasteiger partial charge in [0.15, 0.2) is 5.69 Å². The van der Waals surface area contributed by atoms with E-state index in [1.165, 1.54) is 10.2 Å². The van der Waals surface area contributed by atoms with Crippen LogP contribution in [0.15, 0.2) is 36.5 Å². The molecule has 1 aromatic carbocycles. The number of hydrogen-bond donors (Lipinski definition) is 1. The number of carbonyl (C=O) groups excluding carboxylic acids is 2. The molecule has 32 heavy (non-hydrogen) atoms. The highest BCUT2D eigenvalue weighted by Crippen LogP contribution is 2.25. The van der Waals surface area contributed by atoms with Crippen LogP contribution in [0.3, 0.4) is 0 Å². The predicted molar refractivity (Wildman–Crippen MR) is 117 cm³/mol. The molecule has 0 radical (unpaired) electrons. The van der Waals surface area contributed by atoms with E-state index in [4.69, 9.17) is 4.74 Å². The topological polar surface area (TPSA) is 101 Å². The lowest BCUT2D eigenvalue weighted by atomic mass is 9.91. The molecule has 0 aliphatic carbocycles. The molecule has 4 rings (SSSR count). The molecule has 0 spiro atoms. The lowest BCUT2D eigenvalue weighted by Crippen LogP contribution is -2.48. The predicted octanol–water partition coefficient (Wildman–Crippen LogP) is 1.13. The molecule has 0 unspecified atom stereocenters. The van der Waals surface area contributed by atoms with E-state index in [0.29, 0.717) is 58.7 Å². The normalized spacial score (nSPS) is 18.5. The van der Waals surface area contributed by atoms with Gasteiger partial charge in [0.05, 0.1) is 31.6 Å². The van der Waals surface area contributed by atoms with Crippen molar-refractivity contribution >= 4 is 11.8 Å². The Morgan fingerprint density at radius 3 is 2.47 bits per heavy atom. The molecule has 2 fully saturated rings. The van der Waals surface area contributed by atoms with E-state index in [-0.39, 0.29) is 24.1 Å². The minimum atomic E-state index is -0.964. The maximum atomic E-state index is 12.6. The van der Waals surface area contributed by atoms with Crippen molar-refractivity contribution in [1.29, 1.82) is 0 Å². The summed E-state index contributed by atoms with van der Waals surface area (Å²) in [6, 6.07) is 10.2. The van der Waals surface area contributed by atoms with Gasteiger partial charge in [0.1, 0.15) is 0 Å². The fourth-order valence-electron chi connectivity index (χ4n) is 4.28. The van der Waals surface area contributed by atoms with Crippen LogP contribution in [0.5, 0.6) is 0 Å². The third-order valence-electron chi connectivity index (χ3n) is 6.26. The first kappa shape index (κ1) is 22.4. The van der Waals surface area contributed by atoms with Crippen LogP contribution in [0.4, 0.5) is 0 Å². The summed E-state index contributed by atoms with van der Waals surface area (Å²) in [7, 11) is 0. The number of aryl methyl sites for hydroxylation is 1. The fourth-order valence-corrected chi connectivity index (χ4v) is 4.28. The van der Waals surface area contributed by atoms with Crippen LogP contribution in [-0.2, 0) is 22.5 Å². The zero-order valence-corrected chi connectivity index (χ0v) is 18.4. The second-order valence-electron chi connectivity index (χ2n) is 8.65. The lowest BCUT2D eigenvalue weighted by molar-refractivity contribution is -0.136. The molecule has 0 saturated carbocycles. The van der Waals surface area contributed by atoms with Crippen molar-refractivity contribution in [2.24, 2.45) is 0 Å². The Labute approximate surface area is 187 Å². The Kier molecular flexibility index (Phi) is 7.16. The van der Waals surface area contributed by atoms with E-state index in [0.717, 1.165) is 12.8 Å². The number of rotatable bonds is 7. The number of aromatic nitrogens is 3. The highest BCUT2D eigenvalue weighted by atomic mass is 16.5. The quantitative estimate of drug-likeness (QED) is 0.691. The first-order valence-electron chi connectivity index (χ1n) is 11.3. The molecule has 1 aromatic heterocycles. The minimum Gasteiger partial charge on any atom is -0.388 e. The largest absolute Gasteiger partial charge is 0.388 e. The van der Waals surface area contributed by atoms with E-state index in [1.807, 2.05) is 23.1 Å². The molecule has 3 heterocycles. The Bertz CT molecular complexity index is 902. The number of likely N-dealkylation sites (tertiary alicyclic amines) is 1. The average Bonchev–Trinajstić information content (AvgIpc) is 3.28. The van der Waals surface area contributed by atoms with Crippen molar-refractivity contribution in [2.45, 2.75) is 44.2 Å². The van der Waals surface area contributed by atoms with E-state index < -0.39 is 5.60 Å². The molecule has 0 atom stereocenters. The number of morpholine rings is 1. The van der Waals surface area contributed by atoms with Gasteiger partial charge in [0.25, 0.3) is 5.91 Å². The Balaban J connectivity index is 1.23. The summed E-state index contributed by atoms with van der Waals surface area (Å²) in [4.78, 5) is 28.6. The molecule has 2 aliphatic heterocycles. The van der Waals surface area contributed by atoms with Gasteiger partial charge in [-0.1, -0.05) is 35.5 Å². The van der Waals surface area contributed by atoms with Crippen molar-refractivity contribution in [3.63, 3.8) is 0 Å². The van der Waals surface area contributed by atoms with Crippen LogP contribution >= 0.6 is 0 Å². The van der Waals surface area contributed by atoms with E-state index >= 15 is 0 Å². The summed E-state index contributed by atoms with van der Waals surface area (Å²) in [5, 5.41) is 19.0. The van der Waals surface area contributed by atoms with Crippen LogP contribution in [-0.4, -0.2) is 86.7 Å². The smallest absolute Gasteiger partial charge is 0.276 e. The van der Waals surface area contributed by atoms with Gasteiger partial charge in [-0.25, -0.2) is 4.68 Å². The zero-order chi connectivity index (χ0) is 22.4. The molecule has 2 saturated heterocycles. The number of amides is 2. The third-order valence-corrected chi connectivity index (χ3v) is 6.26. The molecule has 9 heteroatoms. The molecule has 2 aliphatic rings. The summed E-state index contributed by atoms with van der Waals surface area (Å²) >= 11 is 0. The number of ether oxygens (including phenoxy) is 1. The number of aliphatic hydroxyl groups is 1. The molecule has 172 valence electrons. The van der Waals surface area contributed by atoms with Gasteiger partial charge < -0.3 is 19.6 Å². The van der Waals surface area contributed by atoms with Crippen molar-refractivity contribution in [3.05, 3.63) is 47.8 Å². The molecule has 9 nitrogen and oxygen atoms in total. The first-order chi connectivity index (χ1) is 15.5. The van der Waals surface area contributed by atoms with Gasteiger partial charge >= 0.3 is 0 Å². The van der Waals surface area contributed by atoms with Gasteiger partial charge in [-0.3, -0.25) is 9.59 Å². The SMILES string of the molecule is O=C(CCCc1ccccc1)N1CCC(O)(Cn2cc(C(=O)N3CCOCC3)nn2)CC1. The third kappa shape index (κ3) is 5.72. The summed E-state index contributed by atoms with van der Waals surface area (Å²) in [5.41, 5.74) is 0.558. The van der Waals surface area contributed by atoms with Gasteiger partial charge in [-0.05, 0) is 31.2 Å². The van der Waals surface area contributed by atoms with Gasteiger partial charge in [0.2, 0.25) is 5.91 Å². The summed E-state index contributed by atoms with van der Waals surface area (Å²) in [6.45, 7) is 3.45. The molecular formula is C23H31N5O4.